The highest BCUT2D eigenvalue weighted by molar-refractivity contribution is 8.14. The van der Waals surface area contributed by atoms with Crippen LogP contribution in [0.25, 0.3) is 0 Å². The van der Waals surface area contributed by atoms with E-state index in [2.05, 4.69) is 20.3 Å². The molecule has 2 amide bonds. The fourth-order valence-electron chi connectivity index (χ4n) is 3.62. The number of hydrogen-bond donors (Lipinski definition) is 3. The van der Waals surface area contributed by atoms with Gasteiger partial charge >= 0.3 is 6.09 Å². The minimum atomic E-state index is -4.00. The maximum atomic E-state index is 13.5. The smallest absolute Gasteiger partial charge is 0.407 e. The van der Waals surface area contributed by atoms with Crippen LogP contribution in [0.3, 0.4) is 0 Å². The van der Waals surface area contributed by atoms with Crippen molar-refractivity contribution in [2.75, 3.05) is 24.7 Å². The minimum absolute atomic E-state index is 0.00132. The second kappa shape index (κ2) is 14.6. The lowest BCUT2D eigenvalue weighted by Gasteiger charge is -2.27. The first-order valence-corrected chi connectivity index (χ1v) is 15.2. The van der Waals surface area contributed by atoms with Gasteiger partial charge in [-0.2, -0.15) is 0 Å². The Hall–Kier alpha value is -2.67. The number of nitrogens with one attached hydrogen (secondary N) is 3. The molecule has 1 aromatic carbocycles. The van der Waals surface area contributed by atoms with Gasteiger partial charge in [0.05, 0.1) is 16.0 Å². The van der Waals surface area contributed by atoms with Gasteiger partial charge in [-0.25, -0.2) is 17.9 Å². The lowest BCUT2D eigenvalue weighted by molar-refractivity contribution is -0.116. The maximum Gasteiger partial charge on any atom is 0.407 e. The number of alkyl carbamates (subject to hydrolysis) is 1. The summed E-state index contributed by atoms with van der Waals surface area (Å²) in [6.07, 6.45) is 4.74. The van der Waals surface area contributed by atoms with Crippen LogP contribution in [0.5, 0.6) is 0 Å². The third-order valence-electron chi connectivity index (χ3n) is 5.50. The Morgan fingerprint density at radius 3 is 2.54 bits per heavy atom. The van der Waals surface area contributed by atoms with Crippen LogP contribution in [0.15, 0.2) is 58.0 Å². The van der Waals surface area contributed by atoms with Gasteiger partial charge in [-0.3, -0.25) is 9.79 Å². The molecule has 1 aromatic rings. The van der Waals surface area contributed by atoms with Gasteiger partial charge in [-0.05, 0) is 58.6 Å². The summed E-state index contributed by atoms with van der Waals surface area (Å²) < 4.78 is 40.4. The highest BCUT2D eigenvalue weighted by atomic mass is 32.2. The Labute approximate surface area is 236 Å². The highest BCUT2D eigenvalue weighted by Gasteiger charge is 2.32. The highest BCUT2D eigenvalue weighted by Crippen LogP contribution is 2.28. The monoisotopic (exact) mass is 580 g/mol. The van der Waals surface area contributed by atoms with Crippen LogP contribution < -0.4 is 15.4 Å². The number of sulfonamides is 1. The number of thioether (sulfide) groups is 1. The Balaban J connectivity index is 2.18. The zero-order valence-corrected chi connectivity index (χ0v) is 25.2. The summed E-state index contributed by atoms with van der Waals surface area (Å²) in [7, 11) is -2.45. The van der Waals surface area contributed by atoms with Crippen LogP contribution in [-0.4, -0.2) is 62.7 Å². The third-order valence-corrected chi connectivity index (χ3v) is 7.88. The molecule has 2 rings (SSSR count). The molecule has 216 valence electrons. The molecule has 3 atom stereocenters. The Bertz CT molecular complexity index is 1200. The number of ether oxygens (including phenoxy) is 2. The average molecular weight is 581 g/mol. The molecule has 12 heteroatoms. The van der Waals surface area contributed by atoms with Crippen molar-refractivity contribution in [2.24, 2.45) is 10.9 Å². The Morgan fingerprint density at radius 1 is 1.23 bits per heavy atom. The number of allylic oxidation sites excluding steroid dienone is 2. The van der Waals surface area contributed by atoms with Crippen molar-refractivity contribution in [3.63, 3.8) is 0 Å². The van der Waals surface area contributed by atoms with Gasteiger partial charge < -0.3 is 20.1 Å². The molecule has 0 aromatic heterocycles. The zero-order chi connectivity index (χ0) is 29.2. The van der Waals surface area contributed by atoms with E-state index in [1.165, 1.54) is 23.9 Å². The van der Waals surface area contributed by atoms with Crippen molar-refractivity contribution in [1.29, 1.82) is 0 Å². The summed E-state index contributed by atoms with van der Waals surface area (Å²) in [6, 6.07) is 5.38. The molecule has 0 radical (unpaired) electrons. The molecule has 10 nitrogen and oxygen atoms in total. The molecule has 3 N–H and O–H groups in total. The van der Waals surface area contributed by atoms with Crippen molar-refractivity contribution in [3.8, 4) is 0 Å². The van der Waals surface area contributed by atoms with Crippen LogP contribution in [0.4, 0.5) is 10.5 Å². The number of benzene rings is 1. The number of carbonyl (C=O) groups excluding carboxylic acids is 2. The predicted octanol–water partition coefficient (Wildman–Crippen LogP) is 4.46. The third kappa shape index (κ3) is 10.8. The number of carbonyl (C=O) groups is 2. The number of anilines is 1. The van der Waals surface area contributed by atoms with E-state index in [0.29, 0.717) is 16.5 Å². The number of aliphatic imine (C=N–C) groups is 1. The first-order valence-electron chi connectivity index (χ1n) is 12.7. The van der Waals surface area contributed by atoms with E-state index in [-0.39, 0.29) is 29.7 Å². The van der Waals surface area contributed by atoms with Gasteiger partial charge in [-0.1, -0.05) is 36.8 Å². The number of hydrogen-bond acceptors (Lipinski definition) is 8. The first kappa shape index (κ1) is 32.5. The molecule has 0 spiro atoms. The second-order valence-corrected chi connectivity index (χ2v) is 12.9. The molecule has 1 aliphatic rings. The van der Waals surface area contributed by atoms with E-state index >= 15 is 0 Å². The summed E-state index contributed by atoms with van der Waals surface area (Å²) in [5.74, 6) is 0.115. The van der Waals surface area contributed by atoms with E-state index in [1.807, 2.05) is 32.1 Å². The first-order chi connectivity index (χ1) is 18.3. The Morgan fingerprint density at radius 2 is 1.95 bits per heavy atom. The zero-order valence-electron chi connectivity index (χ0n) is 23.6. The molecule has 0 heterocycles. The van der Waals surface area contributed by atoms with Crippen LogP contribution in [0, 0.1) is 5.92 Å². The SMILES string of the molecule is CCSC(=NC(C)OC)C(NS(=O)(=O)c1cccc(NC(=O)CCNC(=O)OC(C)(C)C)c1)C1C=CC=C1C. The fourth-order valence-corrected chi connectivity index (χ4v) is 5.87. The number of amides is 2. The molecule has 0 fully saturated rings. The van der Waals surface area contributed by atoms with E-state index in [9.17, 15) is 18.0 Å². The largest absolute Gasteiger partial charge is 0.444 e. The maximum absolute atomic E-state index is 13.5. The van der Waals surface area contributed by atoms with Crippen molar-refractivity contribution in [3.05, 3.63) is 48.1 Å². The summed E-state index contributed by atoms with van der Waals surface area (Å²) in [5.41, 5.74) is 0.689. The fraction of sp³-hybridized carbons (Fsp3) is 0.519. The average Bonchev–Trinajstić information content (AvgIpc) is 3.26. The summed E-state index contributed by atoms with van der Waals surface area (Å²) >= 11 is 1.46. The summed E-state index contributed by atoms with van der Waals surface area (Å²) in [6.45, 7) is 11.0. The molecule has 0 aliphatic heterocycles. The van der Waals surface area contributed by atoms with E-state index in [0.717, 1.165) is 5.57 Å². The van der Waals surface area contributed by atoms with Crippen LogP contribution >= 0.6 is 11.8 Å². The molecule has 0 saturated carbocycles. The van der Waals surface area contributed by atoms with E-state index < -0.39 is 34.0 Å². The number of nitrogens with zero attached hydrogens (tertiary/aromatic N) is 1. The minimum Gasteiger partial charge on any atom is -0.444 e. The lowest BCUT2D eigenvalue weighted by Crippen LogP contribution is -2.45. The van der Waals surface area contributed by atoms with Crippen LogP contribution in [-0.2, 0) is 24.3 Å². The second-order valence-electron chi connectivity index (χ2n) is 9.91. The van der Waals surface area contributed by atoms with Crippen LogP contribution in [0.1, 0.15) is 48.0 Å². The standard InChI is InChI=1S/C27H40N4O6S2/c1-8-38-25(29-19(3)36-7)24(22-14-9-11-18(22)2)31-39(34,35)21-13-10-12-20(17-21)30-23(32)15-16-28-26(33)37-27(4,5)6/h9-14,17,19,22,24,31H,8,15-16H2,1-7H3,(H,28,33)(H,30,32). The predicted molar refractivity (Wildman–Crippen MR) is 156 cm³/mol. The molecule has 3 unspecified atom stereocenters. The molecule has 1 aliphatic carbocycles. The van der Waals surface area contributed by atoms with Crippen molar-refractivity contribution < 1.29 is 27.5 Å². The van der Waals surface area contributed by atoms with Crippen molar-refractivity contribution >= 4 is 44.5 Å². The van der Waals surface area contributed by atoms with Gasteiger partial charge in [0.1, 0.15) is 11.8 Å². The quantitative estimate of drug-likeness (QED) is 0.245. The summed E-state index contributed by atoms with van der Waals surface area (Å²) in [4.78, 5) is 28.8. The molecular weight excluding hydrogens is 540 g/mol. The number of methoxy groups -OCH3 is 1. The molecule has 0 bridgehead atoms. The van der Waals surface area contributed by atoms with Gasteiger partial charge in [0, 0.05) is 31.7 Å². The van der Waals surface area contributed by atoms with Crippen molar-refractivity contribution in [1.82, 2.24) is 10.0 Å². The van der Waals surface area contributed by atoms with Crippen LogP contribution in [0.2, 0.25) is 0 Å². The topological polar surface area (TPSA) is 135 Å². The lowest BCUT2D eigenvalue weighted by atomic mass is 9.96. The van der Waals surface area contributed by atoms with Gasteiger partial charge in [0.25, 0.3) is 0 Å². The van der Waals surface area contributed by atoms with E-state index in [4.69, 9.17) is 9.47 Å². The molecular formula is C27H40N4O6S2. The van der Waals surface area contributed by atoms with Crippen molar-refractivity contribution in [2.45, 2.75) is 70.7 Å². The number of rotatable bonds is 12. The normalized spacial score (nSPS) is 17.4. The van der Waals surface area contributed by atoms with E-state index in [1.54, 1.807) is 46.9 Å². The van der Waals surface area contributed by atoms with Gasteiger partial charge in [-0.15, -0.1) is 11.8 Å². The van der Waals surface area contributed by atoms with Gasteiger partial charge in [0.2, 0.25) is 15.9 Å². The summed E-state index contributed by atoms with van der Waals surface area (Å²) in [5, 5.41) is 5.83. The Kier molecular flexibility index (Phi) is 12.2. The molecule has 0 saturated heterocycles. The molecule has 39 heavy (non-hydrogen) atoms. The van der Waals surface area contributed by atoms with Gasteiger partial charge in [0.15, 0.2) is 0 Å².